The minimum atomic E-state index is -3.83. The molecule has 2 aliphatic rings. The van der Waals surface area contributed by atoms with Gasteiger partial charge in [-0.05, 0) is 73.0 Å². The number of nitrogens with zero attached hydrogens (tertiary/aromatic N) is 2. The molecule has 11 heteroatoms. The van der Waals surface area contributed by atoms with Gasteiger partial charge in [-0.3, -0.25) is 9.69 Å². The van der Waals surface area contributed by atoms with E-state index in [1.165, 1.54) is 11.4 Å². The van der Waals surface area contributed by atoms with E-state index in [9.17, 15) is 18.3 Å². The molecular formula is C32H38N2O8S. The molecule has 43 heavy (non-hydrogen) atoms. The monoisotopic (exact) mass is 610 g/mol. The van der Waals surface area contributed by atoms with E-state index in [-0.39, 0.29) is 17.6 Å². The van der Waals surface area contributed by atoms with Crippen LogP contribution in [0.3, 0.4) is 0 Å². The van der Waals surface area contributed by atoms with Crippen molar-refractivity contribution in [2.45, 2.75) is 43.2 Å². The van der Waals surface area contributed by atoms with Gasteiger partial charge >= 0.3 is 5.97 Å². The molecule has 0 saturated carbocycles. The lowest BCUT2D eigenvalue weighted by Gasteiger charge is -2.34. The smallest absolute Gasteiger partial charge is 0.309 e. The summed E-state index contributed by atoms with van der Waals surface area (Å²) in [6.07, 6.45) is 0.624. The number of hydrogen-bond donors (Lipinski definition) is 1. The van der Waals surface area contributed by atoms with Crippen molar-refractivity contribution in [3.8, 4) is 23.0 Å². The predicted octanol–water partition coefficient (Wildman–Crippen LogP) is 4.76. The Kier molecular flexibility index (Phi) is 9.14. The predicted molar refractivity (Wildman–Crippen MR) is 160 cm³/mol. The summed E-state index contributed by atoms with van der Waals surface area (Å²) in [5, 5.41) is 10.6. The van der Waals surface area contributed by atoms with E-state index in [4.69, 9.17) is 18.9 Å². The number of likely N-dealkylation sites (tertiary alicyclic amines) is 1. The molecule has 0 bridgehead atoms. The summed E-state index contributed by atoms with van der Waals surface area (Å²) in [7, 11) is -0.718. The number of benzene rings is 3. The molecule has 0 spiro atoms. The second-order valence-electron chi connectivity index (χ2n) is 10.9. The van der Waals surface area contributed by atoms with Crippen LogP contribution < -0.4 is 18.9 Å². The fraction of sp³-hybridized carbons (Fsp3) is 0.406. The van der Waals surface area contributed by atoms with Crippen molar-refractivity contribution in [1.29, 1.82) is 0 Å². The van der Waals surface area contributed by atoms with Gasteiger partial charge in [-0.15, -0.1) is 0 Å². The number of hydrogen-bond acceptors (Lipinski definition) is 8. The van der Waals surface area contributed by atoms with E-state index in [0.29, 0.717) is 49.1 Å². The molecule has 1 saturated heterocycles. The lowest BCUT2D eigenvalue weighted by atomic mass is 9.82. The second kappa shape index (κ2) is 12.8. The van der Waals surface area contributed by atoms with Crippen LogP contribution in [-0.4, -0.2) is 75.4 Å². The van der Waals surface area contributed by atoms with Crippen LogP contribution in [0.4, 0.5) is 0 Å². The molecule has 0 aromatic heterocycles. The first-order valence-electron chi connectivity index (χ1n) is 14.3. The van der Waals surface area contributed by atoms with Gasteiger partial charge in [-0.2, -0.15) is 4.31 Å². The van der Waals surface area contributed by atoms with Gasteiger partial charge < -0.3 is 24.1 Å². The summed E-state index contributed by atoms with van der Waals surface area (Å²) in [5.74, 6) is 0.375. The molecule has 0 amide bonds. The Morgan fingerprint density at radius 2 is 1.58 bits per heavy atom. The fourth-order valence-corrected chi connectivity index (χ4v) is 7.92. The Labute approximate surface area is 252 Å². The first kappa shape index (κ1) is 30.7. The molecule has 5 rings (SSSR count). The molecule has 1 N–H and O–H groups in total. The zero-order chi connectivity index (χ0) is 30.7. The average molecular weight is 611 g/mol. The van der Waals surface area contributed by atoms with Crippen LogP contribution in [0.15, 0.2) is 71.6 Å². The number of carboxylic acids is 1. The molecule has 1 fully saturated rings. The molecule has 2 heterocycles. The van der Waals surface area contributed by atoms with Crippen molar-refractivity contribution in [3.05, 3.63) is 77.9 Å². The summed E-state index contributed by atoms with van der Waals surface area (Å²) in [5.41, 5.74) is 1.66. The third-order valence-electron chi connectivity index (χ3n) is 8.27. The molecular weight excluding hydrogens is 572 g/mol. The van der Waals surface area contributed by atoms with Crippen LogP contribution in [-0.2, 0) is 14.8 Å². The van der Waals surface area contributed by atoms with Crippen LogP contribution in [0.2, 0.25) is 0 Å². The molecule has 3 aromatic rings. The average Bonchev–Trinajstić information content (AvgIpc) is 3.64. The van der Waals surface area contributed by atoms with Crippen molar-refractivity contribution in [2.24, 2.45) is 5.92 Å². The van der Waals surface area contributed by atoms with E-state index >= 15 is 0 Å². The summed E-state index contributed by atoms with van der Waals surface area (Å²) in [6.45, 7) is 5.02. The summed E-state index contributed by atoms with van der Waals surface area (Å²) in [4.78, 5) is 15.3. The Balaban J connectivity index is 1.50. The highest BCUT2D eigenvalue weighted by atomic mass is 32.2. The number of carboxylic acid groups (broad SMARTS) is 1. The van der Waals surface area contributed by atoms with Crippen LogP contribution in [0.5, 0.6) is 23.0 Å². The highest BCUT2D eigenvalue weighted by Gasteiger charge is 2.48. The van der Waals surface area contributed by atoms with Crippen LogP contribution in [0.25, 0.3) is 0 Å². The number of sulfonamides is 1. The van der Waals surface area contributed by atoms with E-state index in [0.717, 1.165) is 11.1 Å². The Morgan fingerprint density at radius 3 is 2.19 bits per heavy atom. The molecule has 10 nitrogen and oxygen atoms in total. The van der Waals surface area contributed by atoms with Crippen molar-refractivity contribution < 1.29 is 37.3 Å². The molecule has 0 aliphatic carbocycles. The number of aliphatic carboxylic acids is 1. The zero-order valence-electron chi connectivity index (χ0n) is 24.8. The maximum atomic E-state index is 13.9. The summed E-state index contributed by atoms with van der Waals surface area (Å²) >= 11 is 0. The highest BCUT2D eigenvalue weighted by molar-refractivity contribution is 7.89. The first-order chi connectivity index (χ1) is 20.7. The maximum Gasteiger partial charge on any atom is 0.309 e. The van der Waals surface area contributed by atoms with Crippen molar-refractivity contribution in [1.82, 2.24) is 9.21 Å². The molecule has 1 unspecified atom stereocenters. The van der Waals surface area contributed by atoms with Gasteiger partial charge in [0.1, 0.15) is 11.5 Å². The lowest BCUT2D eigenvalue weighted by molar-refractivity contribution is -0.143. The third-order valence-corrected chi connectivity index (χ3v) is 10.3. The number of ether oxygens (including phenoxy) is 4. The van der Waals surface area contributed by atoms with Crippen LogP contribution in [0, 0.1) is 5.92 Å². The van der Waals surface area contributed by atoms with Gasteiger partial charge in [0.05, 0.1) is 25.0 Å². The molecule has 2 aliphatic heterocycles. The van der Waals surface area contributed by atoms with E-state index in [1.807, 2.05) is 56.3 Å². The van der Waals surface area contributed by atoms with Gasteiger partial charge in [0.25, 0.3) is 0 Å². The number of carbonyl (C=O) groups is 1. The summed E-state index contributed by atoms with van der Waals surface area (Å²) < 4.78 is 50.9. The lowest BCUT2D eigenvalue weighted by Crippen LogP contribution is -2.46. The van der Waals surface area contributed by atoms with Gasteiger partial charge in [-0.1, -0.05) is 25.1 Å². The SMILES string of the molecule is CCCN(C(C)CN1C[C@H](c2ccc3c(c2)OCO3)[C@H](C(=O)O)[C@H]1c1ccc(OC)cc1)S(=O)(=O)c1ccc(OC)cc1. The Bertz CT molecular complexity index is 1530. The van der Waals surface area contributed by atoms with E-state index in [1.54, 1.807) is 31.4 Å². The minimum Gasteiger partial charge on any atom is -0.497 e. The molecule has 4 atom stereocenters. The molecule has 230 valence electrons. The Morgan fingerprint density at radius 1 is 0.977 bits per heavy atom. The molecule has 3 aromatic carbocycles. The van der Waals surface area contributed by atoms with E-state index in [2.05, 4.69) is 4.90 Å². The normalized spacial score (nSPS) is 20.7. The fourth-order valence-electron chi connectivity index (χ4n) is 6.21. The summed E-state index contributed by atoms with van der Waals surface area (Å²) in [6, 6.07) is 18.4. The van der Waals surface area contributed by atoms with E-state index < -0.39 is 34.0 Å². The standard InChI is InChI=1S/C32H38N2O8S/c1-5-16-34(43(37,38)26-13-11-25(40-4)12-14-26)21(2)18-33-19-27(23-8-15-28-29(17-23)42-20-41-28)30(32(35)36)31(33)22-6-9-24(39-3)10-7-22/h6-15,17,21,27,30-31H,5,16,18-20H2,1-4H3,(H,35,36)/t21?,27-,30+,31-/m1/s1. The third kappa shape index (κ3) is 6.15. The quantitative estimate of drug-likeness (QED) is 0.310. The zero-order valence-corrected chi connectivity index (χ0v) is 25.6. The second-order valence-corrected chi connectivity index (χ2v) is 12.8. The maximum absolute atomic E-state index is 13.9. The Hall–Kier alpha value is -3.80. The van der Waals surface area contributed by atoms with Crippen LogP contribution >= 0.6 is 0 Å². The van der Waals surface area contributed by atoms with Crippen LogP contribution in [0.1, 0.15) is 43.4 Å². The van der Waals surface area contributed by atoms with Crippen molar-refractivity contribution in [3.63, 3.8) is 0 Å². The van der Waals surface area contributed by atoms with Crippen molar-refractivity contribution in [2.75, 3.05) is 40.6 Å². The topological polar surface area (TPSA) is 115 Å². The van der Waals surface area contributed by atoms with Gasteiger partial charge in [-0.25, -0.2) is 8.42 Å². The van der Waals surface area contributed by atoms with Crippen molar-refractivity contribution >= 4 is 16.0 Å². The first-order valence-corrected chi connectivity index (χ1v) is 15.8. The molecule has 0 radical (unpaired) electrons. The highest BCUT2D eigenvalue weighted by Crippen LogP contribution is 2.48. The van der Waals surface area contributed by atoms with Gasteiger partial charge in [0.15, 0.2) is 11.5 Å². The van der Waals surface area contributed by atoms with Gasteiger partial charge in [0.2, 0.25) is 16.8 Å². The van der Waals surface area contributed by atoms with Gasteiger partial charge in [0, 0.05) is 37.6 Å². The number of fused-ring (bicyclic) bond motifs is 1. The minimum absolute atomic E-state index is 0.125. The largest absolute Gasteiger partial charge is 0.497 e. The number of rotatable bonds is 12. The number of methoxy groups -OCH3 is 2.